The molecule has 1 aromatic rings. The van der Waals surface area contributed by atoms with Gasteiger partial charge in [0.15, 0.2) is 9.84 Å². The predicted molar refractivity (Wildman–Crippen MR) is 90.4 cm³/mol. The van der Waals surface area contributed by atoms with E-state index < -0.39 is 15.9 Å². The molecule has 4 nitrogen and oxygen atoms in total. The molecule has 0 radical (unpaired) electrons. The van der Waals surface area contributed by atoms with Gasteiger partial charge in [-0.2, -0.15) is 0 Å². The van der Waals surface area contributed by atoms with Crippen LogP contribution in [0.3, 0.4) is 0 Å². The number of aliphatic hydroxyl groups excluding tert-OH is 1. The van der Waals surface area contributed by atoms with E-state index in [0.717, 1.165) is 25.7 Å². The second-order valence-corrected chi connectivity index (χ2v) is 7.90. The molecule has 1 rings (SSSR count). The first-order chi connectivity index (χ1) is 10.4. The van der Waals surface area contributed by atoms with Gasteiger partial charge in [-0.3, -0.25) is 0 Å². The monoisotopic (exact) mass is 327 g/mol. The Hall–Kier alpha value is -0.910. The number of hydrogen-bond donors (Lipinski definition) is 2. The largest absolute Gasteiger partial charge is 0.388 e. The molecule has 0 aromatic heterocycles. The zero-order valence-electron chi connectivity index (χ0n) is 13.7. The molecule has 0 bridgehead atoms. The molecule has 0 heterocycles. The highest BCUT2D eigenvalue weighted by atomic mass is 32.2. The van der Waals surface area contributed by atoms with E-state index in [4.69, 9.17) is 5.73 Å². The van der Waals surface area contributed by atoms with Crippen LogP contribution in [0.15, 0.2) is 29.2 Å². The number of rotatable bonds is 10. The molecule has 1 unspecified atom stereocenters. The summed E-state index contributed by atoms with van der Waals surface area (Å²) in [5, 5.41) is 9.98. The molecule has 0 amide bonds. The molecule has 1 aromatic carbocycles. The van der Waals surface area contributed by atoms with Crippen molar-refractivity contribution in [2.75, 3.05) is 12.3 Å². The summed E-state index contributed by atoms with van der Waals surface area (Å²) in [6.45, 7) is 4.52. The lowest BCUT2D eigenvalue weighted by molar-refractivity contribution is 0.170. The molecule has 2 atom stereocenters. The Labute approximate surface area is 134 Å². The van der Waals surface area contributed by atoms with Crippen LogP contribution in [-0.2, 0) is 9.84 Å². The number of nitrogens with two attached hydrogens (primary N) is 1. The SMILES string of the molecule is CCCCC(CC)CS(=O)(=O)c1cccc([C@H](O)CCN)c1. The van der Waals surface area contributed by atoms with Crippen molar-refractivity contribution in [1.29, 1.82) is 0 Å². The Kier molecular flexibility index (Phi) is 8.07. The number of aliphatic hydroxyl groups is 1. The quantitative estimate of drug-likeness (QED) is 0.692. The van der Waals surface area contributed by atoms with Crippen molar-refractivity contribution in [3.8, 4) is 0 Å². The molecule has 0 aliphatic carbocycles. The van der Waals surface area contributed by atoms with E-state index in [2.05, 4.69) is 6.92 Å². The third kappa shape index (κ3) is 5.71. The molecular formula is C17H29NO3S. The molecule has 0 aliphatic heterocycles. The number of benzene rings is 1. The van der Waals surface area contributed by atoms with Gasteiger partial charge in [0.1, 0.15) is 0 Å². The summed E-state index contributed by atoms with van der Waals surface area (Å²) in [5.41, 5.74) is 6.06. The van der Waals surface area contributed by atoms with Crippen LogP contribution in [0, 0.1) is 5.92 Å². The summed E-state index contributed by atoms with van der Waals surface area (Å²) >= 11 is 0. The van der Waals surface area contributed by atoms with E-state index in [1.54, 1.807) is 24.3 Å². The van der Waals surface area contributed by atoms with Gasteiger partial charge in [-0.05, 0) is 43.0 Å². The first-order valence-corrected chi connectivity index (χ1v) is 9.80. The van der Waals surface area contributed by atoms with E-state index in [0.29, 0.717) is 23.4 Å². The normalized spacial score (nSPS) is 14.7. The Bertz CT molecular complexity index is 543. The molecule has 126 valence electrons. The number of unbranched alkanes of at least 4 members (excludes halogenated alkanes) is 1. The van der Waals surface area contributed by atoms with Crippen molar-refractivity contribution in [2.45, 2.75) is 57.0 Å². The molecular weight excluding hydrogens is 298 g/mol. The number of hydrogen-bond acceptors (Lipinski definition) is 4. The summed E-state index contributed by atoms with van der Waals surface area (Å²) in [6.07, 6.45) is 3.68. The van der Waals surface area contributed by atoms with Gasteiger partial charge in [0.25, 0.3) is 0 Å². The zero-order valence-corrected chi connectivity index (χ0v) is 14.5. The topological polar surface area (TPSA) is 80.4 Å². The van der Waals surface area contributed by atoms with E-state index in [-0.39, 0.29) is 11.7 Å². The fourth-order valence-corrected chi connectivity index (χ4v) is 4.36. The number of sulfone groups is 1. The zero-order chi connectivity index (χ0) is 16.6. The van der Waals surface area contributed by atoms with Crippen LogP contribution in [0.25, 0.3) is 0 Å². The summed E-state index contributed by atoms with van der Waals surface area (Å²) in [6, 6.07) is 6.63. The van der Waals surface area contributed by atoms with Crippen molar-refractivity contribution in [3.05, 3.63) is 29.8 Å². The van der Waals surface area contributed by atoms with Gasteiger partial charge in [-0.15, -0.1) is 0 Å². The fourth-order valence-electron chi connectivity index (χ4n) is 2.54. The molecule has 0 saturated heterocycles. The van der Waals surface area contributed by atoms with Gasteiger partial charge >= 0.3 is 0 Å². The van der Waals surface area contributed by atoms with Crippen LogP contribution in [-0.4, -0.2) is 25.8 Å². The summed E-state index contributed by atoms with van der Waals surface area (Å²) in [7, 11) is -3.32. The maximum atomic E-state index is 12.6. The molecule has 5 heteroatoms. The minimum Gasteiger partial charge on any atom is -0.388 e. The second kappa shape index (κ2) is 9.28. The van der Waals surface area contributed by atoms with Gasteiger partial charge in [-0.1, -0.05) is 45.2 Å². The Morgan fingerprint density at radius 2 is 1.95 bits per heavy atom. The van der Waals surface area contributed by atoms with E-state index in [9.17, 15) is 13.5 Å². The van der Waals surface area contributed by atoms with Crippen molar-refractivity contribution >= 4 is 9.84 Å². The Morgan fingerprint density at radius 3 is 2.55 bits per heavy atom. The highest BCUT2D eigenvalue weighted by Crippen LogP contribution is 2.23. The van der Waals surface area contributed by atoms with Crippen LogP contribution < -0.4 is 5.73 Å². The molecule has 0 spiro atoms. The Balaban J connectivity index is 2.90. The van der Waals surface area contributed by atoms with Crippen LogP contribution in [0.5, 0.6) is 0 Å². The van der Waals surface area contributed by atoms with Gasteiger partial charge in [0, 0.05) is 0 Å². The lowest BCUT2D eigenvalue weighted by atomic mass is 10.0. The van der Waals surface area contributed by atoms with Gasteiger partial charge in [0.05, 0.1) is 16.8 Å². The first kappa shape index (κ1) is 19.1. The van der Waals surface area contributed by atoms with Crippen LogP contribution in [0.4, 0.5) is 0 Å². The van der Waals surface area contributed by atoms with Crippen molar-refractivity contribution in [2.24, 2.45) is 11.7 Å². The van der Waals surface area contributed by atoms with Crippen LogP contribution in [0.1, 0.15) is 57.6 Å². The predicted octanol–water partition coefficient (Wildman–Crippen LogP) is 3.06. The van der Waals surface area contributed by atoms with Crippen molar-refractivity contribution < 1.29 is 13.5 Å². The maximum Gasteiger partial charge on any atom is 0.178 e. The van der Waals surface area contributed by atoms with Crippen molar-refractivity contribution in [3.63, 3.8) is 0 Å². The van der Waals surface area contributed by atoms with Gasteiger partial charge in [0.2, 0.25) is 0 Å². The molecule has 0 saturated carbocycles. The lowest BCUT2D eigenvalue weighted by Gasteiger charge is -2.16. The smallest absolute Gasteiger partial charge is 0.178 e. The third-order valence-corrected chi connectivity index (χ3v) is 5.92. The minimum absolute atomic E-state index is 0.180. The lowest BCUT2D eigenvalue weighted by Crippen LogP contribution is -2.16. The van der Waals surface area contributed by atoms with Crippen LogP contribution >= 0.6 is 0 Å². The average Bonchev–Trinajstić information content (AvgIpc) is 2.51. The van der Waals surface area contributed by atoms with Crippen molar-refractivity contribution in [1.82, 2.24) is 0 Å². The highest BCUT2D eigenvalue weighted by Gasteiger charge is 2.21. The first-order valence-electron chi connectivity index (χ1n) is 8.15. The van der Waals surface area contributed by atoms with Crippen LogP contribution in [0.2, 0.25) is 0 Å². The fraction of sp³-hybridized carbons (Fsp3) is 0.647. The molecule has 22 heavy (non-hydrogen) atoms. The average molecular weight is 327 g/mol. The van der Waals surface area contributed by atoms with E-state index >= 15 is 0 Å². The standard InChI is InChI=1S/C17H29NO3S/c1-3-5-7-14(4-2)13-22(20,21)16-9-6-8-15(12-16)17(19)10-11-18/h6,8-9,12,14,17,19H,3-5,7,10-11,13,18H2,1-2H3/t14?,17-/m1/s1. The maximum absolute atomic E-state index is 12.6. The van der Waals surface area contributed by atoms with E-state index in [1.165, 1.54) is 0 Å². The third-order valence-electron chi connectivity index (χ3n) is 4.04. The minimum atomic E-state index is -3.32. The summed E-state index contributed by atoms with van der Waals surface area (Å²) in [4.78, 5) is 0.302. The molecule has 0 fully saturated rings. The van der Waals surface area contributed by atoms with E-state index in [1.807, 2.05) is 6.92 Å². The highest BCUT2D eigenvalue weighted by molar-refractivity contribution is 7.91. The molecule has 0 aliphatic rings. The second-order valence-electron chi connectivity index (χ2n) is 5.86. The summed E-state index contributed by atoms with van der Waals surface area (Å²) < 4.78 is 25.2. The Morgan fingerprint density at radius 1 is 1.23 bits per heavy atom. The summed E-state index contributed by atoms with van der Waals surface area (Å²) in [5.74, 6) is 0.377. The molecule has 3 N–H and O–H groups in total. The van der Waals surface area contributed by atoms with Gasteiger partial charge in [-0.25, -0.2) is 8.42 Å². The van der Waals surface area contributed by atoms with Gasteiger partial charge < -0.3 is 10.8 Å².